The molecule has 0 saturated heterocycles. The lowest BCUT2D eigenvalue weighted by Crippen LogP contribution is -2.16. The van der Waals surface area contributed by atoms with Crippen LogP contribution in [-0.4, -0.2) is 17.4 Å². The summed E-state index contributed by atoms with van der Waals surface area (Å²) in [6.45, 7) is 0. The second kappa shape index (κ2) is 4.79. The molecule has 2 aliphatic rings. The van der Waals surface area contributed by atoms with Crippen molar-refractivity contribution in [1.82, 2.24) is 0 Å². The number of benzene rings is 1. The maximum Gasteiger partial charge on any atom is 0.176 e. The average molecular weight is 293 g/mol. The molecule has 0 radical (unpaired) electrons. The van der Waals surface area contributed by atoms with Gasteiger partial charge in [-0.1, -0.05) is 29.3 Å². The second-order valence-electron chi connectivity index (χ2n) is 4.35. The van der Waals surface area contributed by atoms with E-state index in [1.165, 1.54) is 0 Å². The lowest BCUT2D eigenvalue weighted by molar-refractivity contribution is 1.17. The molecular formula is C13H10Cl2N4. The van der Waals surface area contributed by atoms with Crippen LogP contribution >= 0.6 is 23.2 Å². The molecule has 0 aliphatic carbocycles. The van der Waals surface area contributed by atoms with E-state index in [1.54, 1.807) is 12.3 Å². The minimum atomic E-state index is 0.533. The first-order chi connectivity index (χ1) is 9.11. The summed E-state index contributed by atoms with van der Waals surface area (Å²) in [6, 6.07) is 5.50. The molecule has 2 aliphatic heterocycles. The number of allylic oxidation sites excluding steroid dienone is 1. The van der Waals surface area contributed by atoms with Crippen LogP contribution in [0.1, 0.15) is 12.0 Å². The molecule has 0 aromatic heterocycles. The Morgan fingerprint density at radius 2 is 2.00 bits per heavy atom. The van der Waals surface area contributed by atoms with E-state index in [0.717, 1.165) is 17.1 Å². The highest BCUT2D eigenvalue weighted by molar-refractivity contribution is 6.48. The molecule has 19 heavy (non-hydrogen) atoms. The van der Waals surface area contributed by atoms with Crippen LogP contribution in [0.25, 0.3) is 0 Å². The van der Waals surface area contributed by atoms with Gasteiger partial charge in [-0.25, -0.2) is 15.0 Å². The van der Waals surface area contributed by atoms with Gasteiger partial charge in [-0.15, -0.1) is 0 Å². The average Bonchev–Trinajstić information content (AvgIpc) is 2.75. The van der Waals surface area contributed by atoms with E-state index in [1.807, 2.05) is 12.1 Å². The Hall–Kier alpha value is -1.65. The van der Waals surface area contributed by atoms with Crippen molar-refractivity contribution in [3.63, 3.8) is 0 Å². The number of fused-ring (bicyclic) bond motifs is 1. The first-order valence-corrected chi connectivity index (χ1v) is 6.49. The highest BCUT2D eigenvalue weighted by Crippen LogP contribution is 2.23. The second-order valence-corrected chi connectivity index (χ2v) is 5.16. The highest BCUT2D eigenvalue weighted by atomic mass is 35.5. The zero-order valence-electron chi connectivity index (χ0n) is 9.90. The molecule has 1 aromatic carbocycles. The molecule has 0 atom stereocenters. The van der Waals surface area contributed by atoms with Crippen molar-refractivity contribution in [3.05, 3.63) is 45.7 Å². The van der Waals surface area contributed by atoms with Crippen LogP contribution in [0.5, 0.6) is 0 Å². The molecule has 0 fully saturated rings. The van der Waals surface area contributed by atoms with Crippen molar-refractivity contribution in [1.29, 1.82) is 0 Å². The zero-order chi connectivity index (χ0) is 13.4. The van der Waals surface area contributed by atoms with E-state index in [-0.39, 0.29) is 0 Å². The summed E-state index contributed by atoms with van der Waals surface area (Å²) in [7, 11) is 0. The Bertz CT molecular complexity index is 671. The molecule has 3 rings (SSSR count). The van der Waals surface area contributed by atoms with Crippen LogP contribution in [0.15, 0.2) is 45.1 Å². The van der Waals surface area contributed by atoms with Gasteiger partial charge in [-0.05, 0) is 17.7 Å². The van der Waals surface area contributed by atoms with E-state index in [9.17, 15) is 0 Å². The standard InChI is InChI=1S/C13H10Cl2N4/c14-9-2-1-7(3-10(9)15)4-12-18-11-5-8(16)6-17-13(11)19-12/h1-3,6H,4-5,16H2. The molecular weight excluding hydrogens is 283 g/mol. The van der Waals surface area contributed by atoms with E-state index in [0.29, 0.717) is 34.4 Å². The van der Waals surface area contributed by atoms with Crippen LogP contribution in [0, 0.1) is 0 Å². The smallest absolute Gasteiger partial charge is 0.176 e. The van der Waals surface area contributed by atoms with Crippen molar-refractivity contribution >= 4 is 40.6 Å². The fourth-order valence-electron chi connectivity index (χ4n) is 1.93. The minimum Gasteiger partial charge on any atom is -0.400 e. The maximum atomic E-state index is 5.98. The molecule has 1 aromatic rings. The number of amidine groups is 2. The Labute approximate surface area is 120 Å². The fraction of sp³-hybridized carbons (Fsp3) is 0.154. The summed E-state index contributed by atoms with van der Waals surface area (Å²) in [6.07, 6.45) is 2.83. The largest absolute Gasteiger partial charge is 0.400 e. The van der Waals surface area contributed by atoms with Crippen LogP contribution < -0.4 is 5.73 Å². The fourth-order valence-corrected chi connectivity index (χ4v) is 2.25. The van der Waals surface area contributed by atoms with Crippen molar-refractivity contribution in [3.8, 4) is 0 Å². The van der Waals surface area contributed by atoms with E-state index < -0.39 is 0 Å². The molecule has 0 unspecified atom stereocenters. The molecule has 0 bridgehead atoms. The van der Waals surface area contributed by atoms with Crippen molar-refractivity contribution in [2.24, 2.45) is 20.7 Å². The molecule has 2 heterocycles. The number of nitrogens with zero attached hydrogens (tertiary/aromatic N) is 3. The number of nitrogens with two attached hydrogens (primary N) is 1. The summed E-state index contributed by atoms with van der Waals surface area (Å²) in [5, 5.41) is 1.08. The van der Waals surface area contributed by atoms with Crippen molar-refractivity contribution in [2.75, 3.05) is 0 Å². The van der Waals surface area contributed by atoms with E-state index in [4.69, 9.17) is 28.9 Å². The third-order valence-corrected chi connectivity index (χ3v) is 3.57. The lowest BCUT2D eigenvalue weighted by atomic mass is 10.1. The minimum absolute atomic E-state index is 0.533. The van der Waals surface area contributed by atoms with Gasteiger partial charge in [0.05, 0.1) is 15.8 Å². The number of halogens is 2. The summed E-state index contributed by atoms with van der Waals surface area (Å²) < 4.78 is 0. The van der Waals surface area contributed by atoms with Gasteiger partial charge < -0.3 is 5.73 Å². The van der Waals surface area contributed by atoms with Gasteiger partial charge in [0, 0.05) is 24.7 Å². The summed E-state index contributed by atoms with van der Waals surface area (Å²) in [4.78, 5) is 13.0. The van der Waals surface area contributed by atoms with E-state index >= 15 is 0 Å². The molecule has 96 valence electrons. The normalized spacial score (nSPS) is 17.4. The quantitative estimate of drug-likeness (QED) is 0.895. The third kappa shape index (κ3) is 2.55. The number of rotatable bonds is 2. The zero-order valence-corrected chi connectivity index (χ0v) is 11.4. The number of hydrogen-bond donors (Lipinski definition) is 1. The first kappa shape index (κ1) is 12.4. The van der Waals surface area contributed by atoms with Crippen molar-refractivity contribution < 1.29 is 0 Å². The lowest BCUT2D eigenvalue weighted by Gasteiger charge is -2.04. The molecule has 0 amide bonds. The van der Waals surface area contributed by atoms with Crippen LogP contribution in [0.2, 0.25) is 10.0 Å². The predicted octanol–water partition coefficient (Wildman–Crippen LogP) is 2.99. The van der Waals surface area contributed by atoms with Crippen LogP contribution in [0.4, 0.5) is 0 Å². The third-order valence-electron chi connectivity index (χ3n) is 2.83. The van der Waals surface area contributed by atoms with Gasteiger partial charge >= 0.3 is 0 Å². The Balaban J connectivity index is 1.81. The van der Waals surface area contributed by atoms with Gasteiger partial charge in [-0.2, -0.15) is 0 Å². The van der Waals surface area contributed by atoms with Gasteiger partial charge in [0.25, 0.3) is 0 Å². The van der Waals surface area contributed by atoms with Gasteiger partial charge in [0.15, 0.2) is 5.84 Å². The van der Waals surface area contributed by atoms with Crippen LogP contribution in [0.3, 0.4) is 0 Å². The maximum absolute atomic E-state index is 5.98. The summed E-state index contributed by atoms with van der Waals surface area (Å²) >= 11 is 11.9. The Kier molecular flexibility index (Phi) is 3.12. The van der Waals surface area contributed by atoms with Gasteiger partial charge in [0.1, 0.15) is 5.84 Å². The molecule has 2 N–H and O–H groups in total. The van der Waals surface area contributed by atoms with Crippen LogP contribution in [-0.2, 0) is 6.42 Å². The van der Waals surface area contributed by atoms with Gasteiger partial charge in [0.2, 0.25) is 0 Å². The molecule has 6 heteroatoms. The molecule has 0 spiro atoms. The Morgan fingerprint density at radius 1 is 1.16 bits per heavy atom. The predicted molar refractivity (Wildman–Crippen MR) is 79.4 cm³/mol. The van der Waals surface area contributed by atoms with E-state index in [2.05, 4.69) is 15.0 Å². The molecule has 4 nitrogen and oxygen atoms in total. The number of aliphatic imine (C=N–C) groups is 3. The summed E-state index contributed by atoms with van der Waals surface area (Å²) in [5.74, 6) is 1.37. The topological polar surface area (TPSA) is 63.1 Å². The monoisotopic (exact) mass is 292 g/mol. The van der Waals surface area contributed by atoms with Crippen molar-refractivity contribution in [2.45, 2.75) is 12.8 Å². The number of hydrogen-bond acceptors (Lipinski definition) is 4. The SMILES string of the molecule is NC1=CN=C2N=C(Cc3ccc(Cl)c(Cl)c3)N=C2C1. The Morgan fingerprint density at radius 3 is 2.79 bits per heavy atom. The summed E-state index contributed by atoms with van der Waals surface area (Å²) in [5.41, 5.74) is 8.26. The first-order valence-electron chi connectivity index (χ1n) is 5.73. The molecule has 0 saturated carbocycles. The van der Waals surface area contributed by atoms with Gasteiger partial charge in [-0.3, -0.25) is 0 Å². The highest BCUT2D eigenvalue weighted by Gasteiger charge is 2.21.